The van der Waals surface area contributed by atoms with Crippen molar-refractivity contribution in [1.29, 1.82) is 0 Å². The van der Waals surface area contributed by atoms with E-state index in [9.17, 15) is 13.2 Å². The highest BCUT2D eigenvalue weighted by molar-refractivity contribution is 7.91. The fourth-order valence-corrected chi connectivity index (χ4v) is 5.20. The van der Waals surface area contributed by atoms with Crippen LogP contribution in [0.1, 0.15) is 30.5 Å². The Morgan fingerprint density at radius 2 is 2.04 bits per heavy atom. The highest BCUT2D eigenvalue weighted by Gasteiger charge is 2.38. The summed E-state index contributed by atoms with van der Waals surface area (Å²) in [6.45, 7) is 4.23. The Morgan fingerprint density at radius 1 is 1.30 bits per heavy atom. The molecule has 0 saturated carbocycles. The maximum Gasteiger partial charge on any atom is 0.227 e. The molecule has 126 valence electrons. The molecule has 3 rings (SSSR count). The molecule has 0 aliphatic carbocycles. The van der Waals surface area contributed by atoms with Crippen molar-refractivity contribution in [2.24, 2.45) is 5.92 Å². The lowest BCUT2D eigenvalue weighted by molar-refractivity contribution is -0.138. The van der Waals surface area contributed by atoms with Gasteiger partial charge in [-0.25, -0.2) is 8.42 Å². The predicted molar refractivity (Wildman–Crippen MR) is 89.9 cm³/mol. The molecule has 1 aromatic rings. The van der Waals surface area contributed by atoms with E-state index in [1.54, 1.807) is 0 Å². The van der Waals surface area contributed by atoms with Gasteiger partial charge in [-0.1, -0.05) is 31.2 Å². The molecule has 1 aromatic carbocycles. The number of piperazine rings is 1. The molecule has 2 atom stereocenters. The summed E-state index contributed by atoms with van der Waals surface area (Å²) in [7, 11) is -3.03. The molecular formula is C17H24N2O3S. The molecule has 2 fully saturated rings. The van der Waals surface area contributed by atoms with Crippen LogP contribution in [0.15, 0.2) is 24.3 Å². The van der Waals surface area contributed by atoms with E-state index in [1.807, 2.05) is 4.90 Å². The van der Waals surface area contributed by atoms with Crippen LogP contribution in [0.5, 0.6) is 0 Å². The summed E-state index contributed by atoms with van der Waals surface area (Å²) in [5, 5.41) is 3.34. The number of rotatable bonds is 3. The number of aryl methyl sites for hydroxylation is 1. The topological polar surface area (TPSA) is 66.5 Å². The smallest absolute Gasteiger partial charge is 0.227 e. The zero-order chi connectivity index (χ0) is 16.4. The molecule has 2 aliphatic heterocycles. The zero-order valence-corrected chi connectivity index (χ0v) is 14.3. The van der Waals surface area contributed by atoms with Crippen molar-refractivity contribution in [2.75, 3.05) is 31.1 Å². The molecular weight excluding hydrogens is 312 g/mol. The summed E-state index contributed by atoms with van der Waals surface area (Å²) >= 11 is 0. The molecule has 2 saturated heterocycles. The second-order valence-electron chi connectivity index (χ2n) is 6.45. The van der Waals surface area contributed by atoms with Crippen LogP contribution in [0.3, 0.4) is 0 Å². The first kappa shape index (κ1) is 16.5. The summed E-state index contributed by atoms with van der Waals surface area (Å²) in [4.78, 5) is 14.7. The maximum atomic E-state index is 12.8. The van der Waals surface area contributed by atoms with E-state index < -0.39 is 9.84 Å². The van der Waals surface area contributed by atoms with Crippen LogP contribution in [0, 0.1) is 5.92 Å². The molecule has 1 amide bonds. The van der Waals surface area contributed by atoms with Gasteiger partial charge in [0.25, 0.3) is 0 Å². The van der Waals surface area contributed by atoms with E-state index in [2.05, 4.69) is 36.5 Å². The molecule has 5 nitrogen and oxygen atoms in total. The van der Waals surface area contributed by atoms with Gasteiger partial charge in [-0.2, -0.15) is 0 Å². The van der Waals surface area contributed by atoms with Gasteiger partial charge in [0.1, 0.15) is 0 Å². The van der Waals surface area contributed by atoms with Gasteiger partial charge in [-0.15, -0.1) is 0 Å². The Kier molecular flexibility index (Phi) is 4.73. The second-order valence-corrected chi connectivity index (χ2v) is 8.68. The Bertz CT molecular complexity index is 670. The normalized spacial score (nSPS) is 27.1. The lowest BCUT2D eigenvalue weighted by atomic mass is 9.98. The van der Waals surface area contributed by atoms with Crippen molar-refractivity contribution in [2.45, 2.75) is 25.8 Å². The van der Waals surface area contributed by atoms with Crippen molar-refractivity contribution < 1.29 is 13.2 Å². The lowest BCUT2D eigenvalue weighted by Gasteiger charge is -2.38. The Hall–Kier alpha value is -1.40. The minimum absolute atomic E-state index is 0.00265. The number of amides is 1. The number of hydrogen-bond acceptors (Lipinski definition) is 4. The van der Waals surface area contributed by atoms with Crippen LogP contribution in [-0.4, -0.2) is 50.4 Å². The van der Waals surface area contributed by atoms with Crippen molar-refractivity contribution in [1.82, 2.24) is 10.2 Å². The van der Waals surface area contributed by atoms with Crippen LogP contribution >= 0.6 is 0 Å². The lowest BCUT2D eigenvalue weighted by Crippen LogP contribution is -2.50. The minimum Gasteiger partial charge on any atom is -0.333 e. The number of nitrogens with one attached hydrogen (secondary N) is 1. The summed E-state index contributed by atoms with van der Waals surface area (Å²) in [6, 6.07) is 8.37. The monoisotopic (exact) mass is 336 g/mol. The van der Waals surface area contributed by atoms with E-state index in [1.165, 1.54) is 5.56 Å². The Balaban J connectivity index is 1.79. The molecule has 6 heteroatoms. The third-order valence-corrected chi connectivity index (χ3v) is 6.65. The van der Waals surface area contributed by atoms with E-state index in [4.69, 9.17) is 0 Å². The number of carbonyl (C=O) groups is 1. The highest BCUT2D eigenvalue weighted by atomic mass is 32.2. The zero-order valence-electron chi connectivity index (χ0n) is 13.5. The number of hydrogen-bond donors (Lipinski definition) is 1. The van der Waals surface area contributed by atoms with Crippen LogP contribution in [-0.2, 0) is 21.1 Å². The van der Waals surface area contributed by atoms with Gasteiger partial charge in [-0.05, 0) is 24.0 Å². The van der Waals surface area contributed by atoms with Crippen LogP contribution < -0.4 is 5.32 Å². The third kappa shape index (κ3) is 3.58. The summed E-state index contributed by atoms with van der Waals surface area (Å²) in [6.07, 6.45) is 1.46. The maximum absolute atomic E-state index is 12.8. The van der Waals surface area contributed by atoms with Crippen LogP contribution in [0.4, 0.5) is 0 Å². The molecule has 0 aromatic heterocycles. The molecule has 0 spiro atoms. The van der Waals surface area contributed by atoms with E-state index in [0.717, 1.165) is 25.1 Å². The Labute approximate surface area is 138 Å². The third-order valence-electron chi connectivity index (χ3n) is 4.88. The largest absolute Gasteiger partial charge is 0.333 e. The van der Waals surface area contributed by atoms with E-state index in [0.29, 0.717) is 13.0 Å². The summed E-state index contributed by atoms with van der Waals surface area (Å²) in [5.41, 5.74) is 2.39. The Morgan fingerprint density at radius 3 is 2.65 bits per heavy atom. The number of nitrogens with zero attached hydrogens (tertiary/aromatic N) is 1. The van der Waals surface area contributed by atoms with Crippen molar-refractivity contribution in [3.05, 3.63) is 35.4 Å². The first-order chi connectivity index (χ1) is 11.0. The highest BCUT2D eigenvalue weighted by Crippen LogP contribution is 2.28. The first-order valence-electron chi connectivity index (χ1n) is 8.30. The van der Waals surface area contributed by atoms with Gasteiger partial charge >= 0.3 is 0 Å². The van der Waals surface area contributed by atoms with E-state index in [-0.39, 0.29) is 29.4 Å². The molecule has 1 N–H and O–H groups in total. The predicted octanol–water partition coefficient (Wildman–Crippen LogP) is 1.16. The summed E-state index contributed by atoms with van der Waals surface area (Å²) in [5.74, 6) is -0.213. The minimum atomic E-state index is -3.03. The number of benzene rings is 1. The van der Waals surface area contributed by atoms with Crippen molar-refractivity contribution in [3.63, 3.8) is 0 Å². The first-order valence-corrected chi connectivity index (χ1v) is 10.1. The molecule has 2 unspecified atom stereocenters. The summed E-state index contributed by atoms with van der Waals surface area (Å²) < 4.78 is 23.3. The van der Waals surface area contributed by atoms with Crippen molar-refractivity contribution in [3.8, 4) is 0 Å². The average Bonchev–Trinajstić information content (AvgIpc) is 2.94. The molecule has 2 heterocycles. The fourth-order valence-electron chi connectivity index (χ4n) is 3.47. The van der Waals surface area contributed by atoms with Gasteiger partial charge in [0.05, 0.1) is 23.5 Å². The van der Waals surface area contributed by atoms with Gasteiger partial charge < -0.3 is 10.2 Å². The van der Waals surface area contributed by atoms with Gasteiger partial charge in [-0.3, -0.25) is 4.79 Å². The number of sulfone groups is 1. The molecule has 0 radical (unpaired) electrons. The number of carbonyl (C=O) groups excluding carboxylic acids is 1. The quantitative estimate of drug-likeness (QED) is 0.899. The average molecular weight is 336 g/mol. The SMILES string of the molecule is CCc1ccc(C2CNCCN2C(=O)C2CCS(=O)(=O)C2)cc1. The van der Waals surface area contributed by atoms with Gasteiger partial charge in [0, 0.05) is 19.6 Å². The molecule has 23 heavy (non-hydrogen) atoms. The molecule has 0 bridgehead atoms. The van der Waals surface area contributed by atoms with Crippen LogP contribution in [0.2, 0.25) is 0 Å². The van der Waals surface area contributed by atoms with Crippen LogP contribution in [0.25, 0.3) is 0 Å². The van der Waals surface area contributed by atoms with E-state index >= 15 is 0 Å². The second kappa shape index (κ2) is 6.61. The van der Waals surface area contributed by atoms with Gasteiger partial charge in [0.15, 0.2) is 9.84 Å². The van der Waals surface area contributed by atoms with Crippen molar-refractivity contribution >= 4 is 15.7 Å². The molecule has 2 aliphatic rings. The fraction of sp³-hybridized carbons (Fsp3) is 0.588. The standard InChI is InChI=1S/C17H24N2O3S/c1-2-13-3-5-14(6-4-13)16-11-18-8-9-19(16)17(20)15-7-10-23(21,22)12-15/h3-6,15-16,18H,2,7-12H2,1H3. The van der Waals surface area contributed by atoms with Gasteiger partial charge in [0.2, 0.25) is 5.91 Å².